The maximum absolute atomic E-state index is 12.7. The van der Waals surface area contributed by atoms with E-state index in [0.29, 0.717) is 11.6 Å². The van der Waals surface area contributed by atoms with Crippen molar-refractivity contribution in [1.29, 1.82) is 0 Å². The van der Waals surface area contributed by atoms with Crippen LogP contribution in [0.5, 0.6) is 0 Å². The van der Waals surface area contributed by atoms with Crippen molar-refractivity contribution in [3.8, 4) is 0 Å². The zero-order valence-corrected chi connectivity index (χ0v) is 15.7. The second-order valence-electron chi connectivity index (χ2n) is 6.82. The summed E-state index contributed by atoms with van der Waals surface area (Å²) in [5, 5.41) is 4.07. The van der Waals surface area contributed by atoms with Crippen LogP contribution in [0.15, 0.2) is 41.6 Å². The largest absolute Gasteiger partial charge is 0.417 e. The van der Waals surface area contributed by atoms with Crippen molar-refractivity contribution in [2.75, 3.05) is 5.43 Å². The monoisotopic (exact) mass is 395 g/mol. The van der Waals surface area contributed by atoms with Crippen molar-refractivity contribution in [1.82, 2.24) is 4.98 Å². The van der Waals surface area contributed by atoms with Crippen molar-refractivity contribution in [2.45, 2.75) is 51.1 Å². The van der Waals surface area contributed by atoms with Crippen molar-refractivity contribution < 1.29 is 13.2 Å². The summed E-state index contributed by atoms with van der Waals surface area (Å²) in [5.74, 6) is 0.723. The van der Waals surface area contributed by atoms with E-state index >= 15 is 0 Å². The Balaban J connectivity index is 1.68. The van der Waals surface area contributed by atoms with E-state index in [1.54, 1.807) is 0 Å². The van der Waals surface area contributed by atoms with Gasteiger partial charge < -0.3 is 0 Å². The van der Waals surface area contributed by atoms with E-state index in [4.69, 9.17) is 11.6 Å². The van der Waals surface area contributed by atoms with Crippen LogP contribution in [-0.4, -0.2) is 10.7 Å². The number of anilines is 1. The van der Waals surface area contributed by atoms with Crippen LogP contribution >= 0.6 is 11.6 Å². The Morgan fingerprint density at radius 2 is 1.81 bits per heavy atom. The summed E-state index contributed by atoms with van der Waals surface area (Å²) in [7, 11) is 0. The van der Waals surface area contributed by atoms with Gasteiger partial charge in [0.05, 0.1) is 16.3 Å². The smallest absolute Gasteiger partial charge is 0.260 e. The number of rotatable bonds is 4. The molecule has 1 aliphatic carbocycles. The molecule has 1 aromatic carbocycles. The van der Waals surface area contributed by atoms with Gasteiger partial charge in [0.15, 0.2) is 5.82 Å². The normalized spacial score (nSPS) is 16.4. The number of pyridine rings is 1. The predicted molar refractivity (Wildman–Crippen MR) is 102 cm³/mol. The van der Waals surface area contributed by atoms with E-state index in [9.17, 15) is 13.2 Å². The Morgan fingerprint density at radius 3 is 2.41 bits per heavy atom. The highest BCUT2D eigenvalue weighted by Gasteiger charge is 2.31. The lowest BCUT2D eigenvalue weighted by Crippen LogP contribution is -2.07. The van der Waals surface area contributed by atoms with Crippen LogP contribution in [-0.2, 0) is 6.18 Å². The summed E-state index contributed by atoms with van der Waals surface area (Å²) >= 11 is 5.88. The minimum Gasteiger partial charge on any atom is -0.260 e. The highest BCUT2D eigenvalue weighted by Crippen LogP contribution is 2.33. The second kappa shape index (κ2) is 8.30. The van der Waals surface area contributed by atoms with Crippen LogP contribution in [0.4, 0.5) is 19.0 Å². The SMILES string of the molecule is C/C(=N\Nc1ncc(C(F)(F)F)cc1Cl)c1ccc(C2CCCCC2)cc1. The molecule has 1 aromatic heterocycles. The molecule has 1 heterocycles. The molecule has 7 heteroatoms. The van der Waals surface area contributed by atoms with Crippen LogP contribution in [0, 0.1) is 0 Å². The van der Waals surface area contributed by atoms with Gasteiger partial charge in [-0.15, -0.1) is 0 Å². The molecule has 2 aromatic rings. The fourth-order valence-corrected chi connectivity index (χ4v) is 3.52. The first-order chi connectivity index (χ1) is 12.8. The maximum atomic E-state index is 12.7. The Bertz CT molecular complexity index is 810. The van der Waals surface area contributed by atoms with E-state index in [1.807, 2.05) is 19.1 Å². The van der Waals surface area contributed by atoms with Crippen LogP contribution in [0.1, 0.15) is 61.6 Å². The number of aromatic nitrogens is 1. The van der Waals surface area contributed by atoms with Gasteiger partial charge in [-0.2, -0.15) is 18.3 Å². The van der Waals surface area contributed by atoms with E-state index in [-0.39, 0.29) is 10.8 Å². The van der Waals surface area contributed by atoms with Gasteiger partial charge in [-0.1, -0.05) is 55.1 Å². The average Bonchev–Trinajstić information content (AvgIpc) is 2.67. The first-order valence-corrected chi connectivity index (χ1v) is 9.36. The number of halogens is 4. The number of alkyl halides is 3. The second-order valence-corrected chi connectivity index (χ2v) is 7.23. The topological polar surface area (TPSA) is 37.3 Å². The molecule has 0 amide bonds. The van der Waals surface area contributed by atoms with Gasteiger partial charge in [-0.3, -0.25) is 5.43 Å². The van der Waals surface area contributed by atoms with E-state index < -0.39 is 11.7 Å². The van der Waals surface area contributed by atoms with Gasteiger partial charge in [-0.25, -0.2) is 4.98 Å². The molecule has 1 aliphatic rings. The molecule has 0 aliphatic heterocycles. The summed E-state index contributed by atoms with van der Waals surface area (Å²) in [6.07, 6.45) is 2.65. The number of hydrazone groups is 1. The first kappa shape index (κ1) is 19.7. The standard InChI is InChI=1S/C20H21ClF3N3/c1-13(14-7-9-16(10-8-14)15-5-3-2-4-6-15)26-27-19-18(21)11-17(12-25-19)20(22,23)24/h7-12,15H,2-6H2,1H3,(H,25,27)/b26-13+. The van der Waals surface area contributed by atoms with E-state index in [2.05, 4.69) is 27.6 Å². The van der Waals surface area contributed by atoms with Crippen LogP contribution in [0.3, 0.4) is 0 Å². The maximum Gasteiger partial charge on any atom is 0.417 e. The van der Waals surface area contributed by atoms with Gasteiger partial charge in [0.2, 0.25) is 0 Å². The molecule has 3 nitrogen and oxygen atoms in total. The number of hydrogen-bond acceptors (Lipinski definition) is 3. The van der Waals surface area contributed by atoms with Gasteiger partial charge in [0, 0.05) is 6.20 Å². The van der Waals surface area contributed by atoms with Gasteiger partial charge in [0.25, 0.3) is 0 Å². The molecule has 1 saturated carbocycles. The molecule has 1 N–H and O–H groups in total. The van der Waals surface area contributed by atoms with Gasteiger partial charge >= 0.3 is 6.18 Å². The minimum absolute atomic E-state index is 0.0860. The fraction of sp³-hybridized carbons (Fsp3) is 0.400. The number of nitrogens with one attached hydrogen (secondary N) is 1. The van der Waals surface area contributed by atoms with E-state index in [0.717, 1.165) is 17.8 Å². The highest BCUT2D eigenvalue weighted by atomic mass is 35.5. The van der Waals surface area contributed by atoms with Crippen molar-refractivity contribution in [2.24, 2.45) is 5.10 Å². The van der Waals surface area contributed by atoms with Crippen molar-refractivity contribution >= 4 is 23.1 Å². The third kappa shape index (κ3) is 5.01. The Labute approximate surface area is 161 Å². The minimum atomic E-state index is -4.48. The molecule has 3 rings (SSSR count). The number of nitrogens with zero attached hydrogens (tertiary/aromatic N) is 2. The fourth-order valence-electron chi connectivity index (χ4n) is 3.31. The molecule has 1 fully saturated rings. The molecule has 0 spiro atoms. The lowest BCUT2D eigenvalue weighted by Gasteiger charge is -2.22. The van der Waals surface area contributed by atoms with Crippen LogP contribution < -0.4 is 5.43 Å². The van der Waals surface area contributed by atoms with E-state index in [1.165, 1.54) is 37.7 Å². The molecule has 0 radical (unpaired) electrons. The molecular weight excluding hydrogens is 375 g/mol. The van der Waals surface area contributed by atoms with Crippen LogP contribution in [0.2, 0.25) is 5.02 Å². The zero-order chi connectivity index (χ0) is 19.4. The van der Waals surface area contributed by atoms with Gasteiger partial charge in [0.1, 0.15) is 0 Å². The van der Waals surface area contributed by atoms with Crippen molar-refractivity contribution in [3.05, 3.63) is 58.2 Å². The summed E-state index contributed by atoms with van der Waals surface area (Å²) in [6.45, 7) is 1.82. The highest BCUT2D eigenvalue weighted by molar-refractivity contribution is 6.33. The Hall–Kier alpha value is -2.08. The quantitative estimate of drug-likeness (QED) is 0.465. The third-order valence-electron chi connectivity index (χ3n) is 4.90. The average molecular weight is 396 g/mol. The zero-order valence-electron chi connectivity index (χ0n) is 15.0. The predicted octanol–water partition coefficient (Wildman–Crippen LogP) is 6.64. The molecule has 0 bridgehead atoms. The molecule has 0 unspecified atom stereocenters. The molecular formula is C20H21ClF3N3. The summed E-state index contributed by atoms with van der Waals surface area (Å²) in [4.78, 5) is 3.72. The third-order valence-corrected chi connectivity index (χ3v) is 5.19. The molecule has 27 heavy (non-hydrogen) atoms. The Morgan fingerprint density at radius 1 is 1.15 bits per heavy atom. The summed E-state index contributed by atoms with van der Waals surface area (Å²) in [6, 6.07) is 9.14. The van der Waals surface area contributed by atoms with Crippen LogP contribution in [0.25, 0.3) is 0 Å². The lowest BCUT2D eigenvalue weighted by molar-refractivity contribution is -0.137. The number of benzene rings is 1. The summed E-state index contributed by atoms with van der Waals surface area (Å²) < 4.78 is 38.0. The molecule has 0 atom stereocenters. The Kier molecular flexibility index (Phi) is 6.05. The molecule has 144 valence electrons. The summed E-state index contributed by atoms with van der Waals surface area (Å²) in [5.41, 5.74) is 4.74. The van der Waals surface area contributed by atoms with Gasteiger partial charge in [-0.05, 0) is 42.9 Å². The molecule has 0 saturated heterocycles. The number of hydrogen-bond donors (Lipinski definition) is 1. The first-order valence-electron chi connectivity index (χ1n) is 8.98. The van der Waals surface area contributed by atoms with Crippen molar-refractivity contribution in [3.63, 3.8) is 0 Å². The lowest BCUT2D eigenvalue weighted by atomic mass is 9.84.